The number of nitrogens with zero attached hydrogens (tertiary/aromatic N) is 3. The van der Waals surface area contributed by atoms with Gasteiger partial charge in [0.05, 0.1) is 6.33 Å². The molecule has 0 aliphatic heterocycles. The van der Waals surface area contributed by atoms with Gasteiger partial charge in [-0.25, -0.2) is 4.98 Å². The van der Waals surface area contributed by atoms with E-state index in [0.29, 0.717) is 46.0 Å². The summed E-state index contributed by atoms with van der Waals surface area (Å²) in [5, 5.41) is 0. The van der Waals surface area contributed by atoms with Gasteiger partial charge < -0.3 is 4.57 Å². The molecule has 1 aliphatic carbocycles. The lowest BCUT2D eigenvalue weighted by molar-refractivity contribution is -0.120. The summed E-state index contributed by atoms with van der Waals surface area (Å²) >= 11 is 6.58. The Kier molecular flexibility index (Phi) is 4.35. The summed E-state index contributed by atoms with van der Waals surface area (Å²) < 4.78 is 4.61. The summed E-state index contributed by atoms with van der Waals surface area (Å²) in [5.41, 5.74) is 0.544. The monoisotopic (exact) mass is 335 g/mol. The minimum absolute atomic E-state index is 0.0747. The van der Waals surface area contributed by atoms with E-state index in [-0.39, 0.29) is 11.5 Å². The van der Waals surface area contributed by atoms with Crippen LogP contribution in [0.15, 0.2) is 23.8 Å². The van der Waals surface area contributed by atoms with Crippen LogP contribution in [0.3, 0.4) is 0 Å². The molecule has 5 nitrogen and oxygen atoms in total. The maximum Gasteiger partial charge on any atom is 0.272 e. The van der Waals surface area contributed by atoms with Crippen molar-refractivity contribution in [2.24, 2.45) is 5.92 Å². The van der Waals surface area contributed by atoms with Crippen LogP contribution >= 0.6 is 23.6 Å². The van der Waals surface area contributed by atoms with Crippen molar-refractivity contribution in [2.75, 3.05) is 0 Å². The lowest BCUT2D eigenvalue weighted by atomic mass is 10.0. The number of aryl methyl sites for hydroxylation is 1. The van der Waals surface area contributed by atoms with E-state index in [1.165, 1.54) is 11.3 Å². The first kappa shape index (κ1) is 15.3. The van der Waals surface area contributed by atoms with Gasteiger partial charge in [-0.05, 0) is 31.5 Å². The number of carbonyl (C=O) groups excluding carboxylic acids is 1. The number of fused-ring (bicyclic) bond motifs is 1. The number of carbonyl (C=O) groups is 1. The molecule has 0 saturated heterocycles. The first-order valence-corrected chi connectivity index (χ1v) is 8.56. The second kappa shape index (κ2) is 6.26. The summed E-state index contributed by atoms with van der Waals surface area (Å²) in [6, 6.07) is 0. The van der Waals surface area contributed by atoms with E-state index >= 15 is 0 Å². The zero-order valence-corrected chi connectivity index (χ0v) is 13.8. The molecular formula is C15H17N3O2S2. The molecule has 116 valence electrons. The normalized spacial score (nSPS) is 18.2. The van der Waals surface area contributed by atoms with Crippen molar-refractivity contribution in [2.45, 2.75) is 38.8 Å². The summed E-state index contributed by atoms with van der Waals surface area (Å²) in [7, 11) is 0. The Labute approximate surface area is 136 Å². The SMILES string of the molecule is C=CCn1c(=S)sc2c(=O)n(CCC3CCCC3=O)cnc21. The van der Waals surface area contributed by atoms with Crippen molar-refractivity contribution in [1.82, 2.24) is 14.1 Å². The lowest BCUT2D eigenvalue weighted by Crippen LogP contribution is -2.22. The Balaban J connectivity index is 1.90. The molecule has 1 unspecified atom stereocenters. The Bertz CT molecular complexity index is 847. The van der Waals surface area contributed by atoms with Gasteiger partial charge in [0.15, 0.2) is 9.60 Å². The number of thiazole rings is 1. The fourth-order valence-electron chi connectivity index (χ4n) is 2.91. The maximum absolute atomic E-state index is 12.5. The van der Waals surface area contributed by atoms with Crippen molar-refractivity contribution in [1.29, 1.82) is 0 Å². The predicted octanol–water partition coefficient (Wildman–Crippen LogP) is 2.93. The zero-order chi connectivity index (χ0) is 15.7. The van der Waals surface area contributed by atoms with E-state index in [1.807, 2.05) is 4.57 Å². The summed E-state index contributed by atoms with van der Waals surface area (Å²) in [4.78, 5) is 28.6. The maximum atomic E-state index is 12.5. The molecule has 0 bridgehead atoms. The largest absolute Gasteiger partial charge is 0.304 e. The zero-order valence-electron chi connectivity index (χ0n) is 12.2. The van der Waals surface area contributed by atoms with Crippen LogP contribution in [0.4, 0.5) is 0 Å². The van der Waals surface area contributed by atoms with Crippen LogP contribution in [-0.2, 0) is 17.9 Å². The van der Waals surface area contributed by atoms with E-state index in [9.17, 15) is 9.59 Å². The number of hydrogen-bond donors (Lipinski definition) is 0. The second-order valence-electron chi connectivity index (χ2n) is 5.51. The van der Waals surface area contributed by atoms with Gasteiger partial charge in [0.1, 0.15) is 10.5 Å². The van der Waals surface area contributed by atoms with Crippen molar-refractivity contribution in [3.05, 3.63) is 33.3 Å². The molecule has 2 aromatic rings. The van der Waals surface area contributed by atoms with Crippen molar-refractivity contribution < 1.29 is 4.79 Å². The van der Waals surface area contributed by atoms with Crippen LogP contribution in [-0.4, -0.2) is 19.9 Å². The molecule has 1 atom stereocenters. The second-order valence-corrected chi connectivity index (χ2v) is 7.15. The number of hydrogen-bond acceptors (Lipinski definition) is 5. The number of ketones is 1. The molecule has 0 radical (unpaired) electrons. The van der Waals surface area contributed by atoms with Gasteiger partial charge in [0.2, 0.25) is 0 Å². The van der Waals surface area contributed by atoms with Crippen LogP contribution in [0.2, 0.25) is 0 Å². The van der Waals surface area contributed by atoms with Crippen molar-refractivity contribution in [3.63, 3.8) is 0 Å². The molecular weight excluding hydrogens is 318 g/mol. The minimum atomic E-state index is -0.0747. The lowest BCUT2D eigenvalue weighted by Gasteiger charge is -2.09. The highest BCUT2D eigenvalue weighted by Gasteiger charge is 2.24. The van der Waals surface area contributed by atoms with Crippen molar-refractivity contribution >= 4 is 39.7 Å². The van der Waals surface area contributed by atoms with Gasteiger partial charge in [-0.1, -0.05) is 17.4 Å². The van der Waals surface area contributed by atoms with Crippen LogP contribution in [0.5, 0.6) is 0 Å². The minimum Gasteiger partial charge on any atom is -0.304 e. The molecule has 1 fully saturated rings. The highest BCUT2D eigenvalue weighted by atomic mass is 32.1. The van der Waals surface area contributed by atoms with E-state index in [4.69, 9.17) is 12.2 Å². The van der Waals surface area contributed by atoms with E-state index < -0.39 is 0 Å². The predicted molar refractivity (Wildman–Crippen MR) is 89.9 cm³/mol. The summed E-state index contributed by atoms with van der Waals surface area (Å²) in [5.74, 6) is 0.432. The van der Waals surface area contributed by atoms with E-state index in [0.717, 1.165) is 12.8 Å². The van der Waals surface area contributed by atoms with Gasteiger partial charge in [-0.2, -0.15) is 0 Å². The molecule has 22 heavy (non-hydrogen) atoms. The number of aromatic nitrogens is 3. The third kappa shape index (κ3) is 2.70. The average Bonchev–Trinajstić information content (AvgIpc) is 3.04. The highest BCUT2D eigenvalue weighted by molar-refractivity contribution is 7.73. The summed E-state index contributed by atoms with van der Waals surface area (Å²) in [6.07, 6.45) is 6.61. The smallest absolute Gasteiger partial charge is 0.272 e. The first-order chi connectivity index (χ1) is 10.6. The van der Waals surface area contributed by atoms with Gasteiger partial charge in [0, 0.05) is 25.4 Å². The Morgan fingerprint density at radius 2 is 2.32 bits per heavy atom. The topological polar surface area (TPSA) is 56.9 Å². The molecule has 7 heteroatoms. The molecule has 0 aromatic carbocycles. The third-order valence-electron chi connectivity index (χ3n) is 4.10. The first-order valence-electron chi connectivity index (χ1n) is 7.34. The van der Waals surface area contributed by atoms with Crippen LogP contribution < -0.4 is 5.56 Å². The van der Waals surface area contributed by atoms with Crippen LogP contribution in [0.25, 0.3) is 10.3 Å². The summed E-state index contributed by atoms with van der Waals surface area (Å²) in [6.45, 7) is 4.78. The standard InChI is InChI=1S/C15H17N3O2S2/c1-2-7-18-13-12(22-15(18)21)14(20)17(9-16-13)8-6-10-4-3-5-11(10)19/h2,9-10H,1,3-8H2. The van der Waals surface area contributed by atoms with Gasteiger partial charge in [0.25, 0.3) is 5.56 Å². The number of allylic oxidation sites excluding steroid dienone is 1. The fraction of sp³-hybridized carbons (Fsp3) is 0.467. The Hall–Kier alpha value is -1.60. The molecule has 0 N–H and O–H groups in total. The van der Waals surface area contributed by atoms with Gasteiger partial charge >= 0.3 is 0 Å². The van der Waals surface area contributed by atoms with Crippen molar-refractivity contribution in [3.8, 4) is 0 Å². The number of rotatable bonds is 5. The molecule has 0 spiro atoms. The molecule has 1 saturated carbocycles. The van der Waals surface area contributed by atoms with Gasteiger partial charge in [-0.15, -0.1) is 6.58 Å². The molecule has 3 rings (SSSR count). The fourth-order valence-corrected chi connectivity index (χ4v) is 4.22. The molecule has 2 aromatic heterocycles. The van der Waals surface area contributed by atoms with Crippen LogP contribution in [0, 0.1) is 9.87 Å². The third-order valence-corrected chi connectivity index (χ3v) is 5.53. The van der Waals surface area contributed by atoms with E-state index in [2.05, 4.69) is 11.6 Å². The quantitative estimate of drug-likeness (QED) is 0.623. The average molecular weight is 335 g/mol. The number of Topliss-reactive ketones (excluding diaryl/α,β-unsaturated/α-hetero) is 1. The van der Waals surface area contributed by atoms with E-state index in [1.54, 1.807) is 17.0 Å². The molecule has 0 amide bonds. The Morgan fingerprint density at radius 1 is 1.50 bits per heavy atom. The van der Waals surface area contributed by atoms with Gasteiger partial charge in [-0.3, -0.25) is 14.2 Å². The molecule has 2 heterocycles. The van der Waals surface area contributed by atoms with Crippen LogP contribution in [0.1, 0.15) is 25.7 Å². The Morgan fingerprint density at radius 3 is 3.00 bits per heavy atom. The highest BCUT2D eigenvalue weighted by Crippen LogP contribution is 2.24. The molecule has 1 aliphatic rings.